The van der Waals surface area contributed by atoms with Crippen molar-refractivity contribution in [1.82, 2.24) is 4.90 Å². The molecule has 1 aliphatic heterocycles. The Balaban J connectivity index is 1.75. The van der Waals surface area contributed by atoms with E-state index in [1.165, 1.54) is 5.56 Å². The summed E-state index contributed by atoms with van der Waals surface area (Å²) in [6.45, 7) is 2.90. The molecular weight excluding hydrogens is 272 g/mol. The summed E-state index contributed by atoms with van der Waals surface area (Å²) in [5.74, 6) is 0.422. The first-order valence-corrected chi connectivity index (χ1v) is 7.84. The highest BCUT2D eigenvalue weighted by molar-refractivity contribution is 5.83. The molecule has 114 valence electrons. The average Bonchev–Trinajstić information content (AvgIpc) is 2.96. The van der Waals surface area contributed by atoms with Crippen LogP contribution < -0.4 is 5.73 Å². The van der Waals surface area contributed by atoms with Crippen LogP contribution in [0.1, 0.15) is 36.4 Å². The first-order chi connectivity index (χ1) is 10.7. The van der Waals surface area contributed by atoms with Crippen LogP contribution in [0.2, 0.25) is 0 Å². The Morgan fingerprint density at radius 2 is 1.68 bits per heavy atom. The number of amides is 1. The fourth-order valence-electron chi connectivity index (χ4n) is 3.38. The van der Waals surface area contributed by atoms with E-state index in [4.69, 9.17) is 5.73 Å². The summed E-state index contributed by atoms with van der Waals surface area (Å²) in [6.07, 6.45) is 0.998. The Morgan fingerprint density at radius 3 is 2.32 bits per heavy atom. The molecule has 0 aliphatic carbocycles. The lowest BCUT2D eigenvalue weighted by atomic mass is 9.92. The molecule has 3 atom stereocenters. The maximum Gasteiger partial charge on any atom is 0.244 e. The first-order valence-electron chi connectivity index (χ1n) is 7.84. The number of nitrogens with zero attached hydrogens (tertiary/aromatic N) is 1. The van der Waals surface area contributed by atoms with Gasteiger partial charge in [-0.2, -0.15) is 0 Å². The largest absolute Gasteiger partial charge is 0.338 e. The van der Waals surface area contributed by atoms with Crippen LogP contribution in [-0.2, 0) is 4.79 Å². The summed E-state index contributed by atoms with van der Waals surface area (Å²) in [4.78, 5) is 14.7. The lowest BCUT2D eigenvalue weighted by molar-refractivity contribution is -0.133. The lowest BCUT2D eigenvalue weighted by Crippen LogP contribution is -2.41. The number of carbonyl (C=O) groups excluding carboxylic acids is 1. The van der Waals surface area contributed by atoms with Gasteiger partial charge in [0, 0.05) is 18.5 Å². The van der Waals surface area contributed by atoms with Crippen molar-refractivity contribution in [2.45, 2.75) is 31.3 Å². The number of rotatable bonds is 3. The number of carbonyl (C=O) groups is 1. The van der Waals surface area contributed by atoms with Crippen molar-refractivity contribution in [3.05, 3.63) is 71.8 Å². The normalized spacial score (nSPS) is 22.5. The lowest BCUT2D eigenvalue weighted by Gasteiger charge is -2.27. The molecule has 2 N–H and O–H groups in total. The van der Waals surface area contributed by atoms with Gasteiger partial charge in [0.15, 0.2) is 0 Å². The van der Waals surface area contributed by atoms with Gasteiger partial charge in [-0.15, -0.1) is 0 Å². The smallest absolute Gasteiger partial charge is 0.244 e. The molecule has 1 saturated heterocycles. The second-order valence-corrected chi connectivity index (χ2v) is 5.97. The van der Waals surface area contributed by atoms with Crippen LogP contribution >= 0.6 is 0 Å². The van der Waals surface area contributed by atoms with Crippen LogP contribution in [-0.4, -0.2) is 23.4 Å². The Hall–Kier alpha value is -2.13. The van der Waals surface area contributed by atoms with Gasteiger partial charge < -0.3 is 10.6 Å². The Kier molecular flexibility index (Phi) is 4.25. The minimum absolute atomic E-state index is 0.0251. The molecule has 3 rings (SSSR count). The summed E-state index contributed by atoms with van der Waals surface area (Å²) >= 11 is 0. The van der Waals surface area contributed by atoms with E-state index >= 15 is 0 Å². The molecule has 3 nitrogen and oxygen atoms in total. The van der Waals surface area contributed by atoms with Crippen molar-refractivity contribution in [3.8, 4) is 0 Å². The molecule has 3 unspecified atom stereocenters. The second kappa shape index (κ2) is 6.32. The number of benzene rings is 2. The van der Waals surface area contributed by atoms with Crippen LogP contribution in [0, 0.1) is 0 Å². The highest BCUT2D eigenvalue weighted by atomic mass is 16.2. The zero-order valence-electron chi connectivity index (χ0n) is 12.9. The predicted molar refractivity (Wildman–Crippen MR) is 88.3 cm³/mol. The average molecular weight is 294 g/mol. The standard InChI is InChI=1S/C19H22N2O/c1-14-17(15-8-4-2-5-9-15)12-13-21(14)19(22)18(20)16-10-6-3-7-11-16/h2-11,14,17-18H,12-13,20H2,1H3. The summed E-state index contributed by atoms with van der Waals surface area (Å²) < 4.78 is 0. The minimum Gasteiger partial charge on any atom is -0.338 e. The van der Waals surface area contributed by atoms with Gasteiger partial charge in [0.2, 0.25) is 5.91 Å². The Morgan fingerprint density at radius 1 is 1.09 bits per heavy atom. The first kappa shape index (κ1) is 14.8. The number of likely N-dealkylation sites (tertiary alicyclic amines) is 1. The third kappa shape index (κ3) is 2.77. The second-order valence-electron chi connectivity index (χ2n) is 5.97. The van der Waals surface area contributed by atoms with Gasteiger partial charge in [-0.25, -0.2) is 0 Å². The molecule has 0 spiro atoms. The van der Waals surface area contributed by atoms with E-state index in [0.717, 1.165) is 18.5 Å². The molecule has 0 aromatic heterocycles. The highest BCUT2D eigenvalue weighted by Gasteiger charge is 2.36. The molecule has 1 amide bonds. The third-order valence-corrected chi connectivity index (χ3v) is 4.69. The van der Waals surface area contributed by atoms with Crippen molar-refractivity contribution in [3.63, 3.8) is 0 Å². The Labute approximate surface area is 131 Å². The van der Waals surface area contributed by atoms with E-state index in [0.29, 0.717) is 5.92 Å². The maximum absolute atomic E-state index is 12.7. The summed E-state index contributed by atoms with van der Waals surface area (Å²) in [6, 6.07) is 19.6. The van der Waals surface area contributed by atoms with E-state index in [1.54, 1.807) is 0 Å². The van der Waals surface area contributed by atoms with Gasteiger partial charge in [0.25, 0.3) is 0 Å². The van der Waals surface area contributed by atoms with Crippen molar-refractivity contribution >= 4 is 5.91 Å². The third-order valence-electron chi connectivity index (χ3n) is 4.69. The number of hydrogen-bond donors (Lipinski definition) is 1. The molecular formula is C19H22N2O. The molecule has 1 fully saturated rings. The van der Waals surface area contributed by atoms with Crippen LogP contribution in [0.3, 0.4) is 0 Å². The molecule has 2 aromatic carbocycles. The summed E-state index contributed by atoms with van der Waals surface area (Å²) in [5.41, 5.74) is 8.36. The fraction of sp³-hybridized carbons (Fsp3) is 0.316. The van der Waals surface area contributed by atoms with E-state index in [1.807, 2.05) is 41.3 Å². The summed E-state index contributed by atoms with van der Waals surface area (Å²) in [5, 5.41) is 0. The van der Waals surface area contributed by atoms with Crippen molar-refractivity contribution < 1.29 is 4.79 Å². The highest BCUT2D eigenvalue weighted by Crippen LogP contribution is 2.34. The van der Waals surface area contributed by atoms with Crippen molar-refractivity contribution in [1.29, 1.82) is 0 Å². The predicted octanol–water partition coefficient (Wildman–Crippen LogP) is 3.09. The van der Waals surface area contributed by atoms with Gasteiger partial charge in [-0.3, -0.25) is 4.79 Å². The Bertz CT molecular complexity index is 626. The van der Waals surface area contributed by atoms with Gasteiger partial charge in [-0.05, 0) is 24.5 Å². The molecule has 0 saturated carbocycles. The molecule has 2 aromatic rings. The zero-order valence-corrected chi connectivity index (χ0v) is 12.9. The molecule has 1 aliphatic rings. The number of nitrogens with two attached hydrogens (primary N) is 1. The molecule has 1 heterocycles. The zero-order chi connectivity index (χ0) is 15.5. The molecule has 22 heavy (non-hydrogen) atoms. The van der Waals surface area contributed by atoms with Crippen LogP contribution in [0.25, 0.3) is 0 Å². The van der Waals surface area contributed by atoms with E-state index in [9.17, 15) is 4.79 Å². The van der Waals surface area contributed by atoms with Gasteiger partial charge in [-0.1, -0.05) is 60.7 Å². The molecule has 0 bridgehead atoms. The van der Waals surface area contributed by atoms with Crippen molar-refractivity contribution in [2.24, 2.45) is 5.73 Å². The van der Waals surface area contributed by atoms with Crippen LogP contribution in [0.4, 0.5) is 0 Å². The van der Waals surface area contributed by atoms with Crippen LogP contribution in [0.15, 0.2) is 60.7 Å². The van der Waals surface area contributed by atoms with Gasteiger partial charge in [0.05, 0.1) is 0 Å². The quantitative estimate of drug-likeness (QED) is 0.945. The van der Waals surface area contributed by atoms with E-state index in [-0.39, 0.29) is 11.9 Å². The van der Waals surface area contributed by atoms with E-state index < -0.39 is 6.04 Å². The topological polar surface area (TPSA) is 46.3 Å². The SMILES string of the molecule is CC1C(c2ccccc2)CCN1C(=O)C(N)c1ccccc1. The maximum atomic E-state index is 12.7. The fourth-order valence-corrected chi connectivity index (χ4v) is 3.38. The minimum atomic E-state index is -0.571. The van der Waals surface area contributed by atoms with Crippen LogP contribution in [0.5, 0.6) is 0 Å². The van der Waals surface area contributed by atoms with Gasteiger partial charge >= 0.3 is 0 Å². The summed E-state index contributed by atoms with van der Waals surface area (Å²) in [7, 11) is 0. The molecule has 0 radical (unpaired) electrons. The van der Waals surface area contributed by atoms with E-state index in [2.05, 4.69) is 31.2 Å². The van der Waals surface area contributed by atoms with Gasteiger partial charge in [0.1, 0.15) is 6.04 Å². The number of hydrogen-bond acceptors (Lipinski definition) is 2. The monoisotopic (exact) mass is 294 g/mol. The van der Waals surface area contributed by atoms with Crippen molar-refractivity contribution in [2.75, 3.05) is 6.54 Å². The molecule has 3 heteroatoms.